The standard InChI is InChI=1S/C19H23N5O4/c1-10-8-17-20-12(3)15(13(4)24(17)22-10)6-7-18(25)27-14(5)19(26)21-16-9-11(2)28-23-16/h8-9,14H,6-7H2,1-5H3,(H,21,23,26). The Morgan fingerprint density at radius 3 is 2.68 bits per heavy atom. The number of esters is 1. The number of fused-ring (bicyclic) bond motifs is 1. The third kappa shape index (κ3) is 4.19. The number of hydrogen-bond acceptors (Lipinski definition) is 7. The molecule has 3 aromatic rings. The molecule has 0 saturated carbocycles. The van der Waals surface area contributed by atoms with Crippen LogP contribution in [-0.4, -0.2) is 37.7 Å². The van der Waals surface area contributed by atoms with Gasteiger partial charge in [-0.3, -0.25) is 9.59 Å². The maximum atomic E-state index is 12.2. The van der Waals surface area contributed by atoms with Gasteiger partial charge in [0, 0.05) is 29.9 Å². The Morgan fingerprint density at radius 1 is 1.25 bits per heavy atom. The fourth-order valence-electron chi connectivity index (χ4n) is 2.99. The van der Waals surface area contributed by atoms with Crippen molar-refractivity contribution in [3.05, 3.63) is 40.5 Å². The first kappa shape index (κ1) is 19.5. The lowest BCUT2D eigenvalue weighted by atomic mass is 10.1. The van der Waals surface area contributed by atoms with E-state index in [4.69, 9.17) is 9.26 Å². The average molecular weight is 385 g/mol. The number of carbonyl (C=O) groups is 2. The molecule has 28 heavy (non-hydrogen) atoms. The minimum atomic E-state index is -0.943. The summed E-state index contributed by atoms with van der Waals surface area (Å²) < 4.78 is 11.9. The quantitative estimate of drug-likeness (QED) is 0.649. The fourth-order valence-corrected chi connectivity index (χ4v) is 2.99. The predicted octanol–water partition coefficient (Wildman–Crippen LogP) is 2.45. The minimum Gasteiger partial charge on any atom is -0.453 e. The van der Waals surface area contributed by atoms with Crippen LogP contribution in [0.2, 0.25) is 0 Å². The Hall–Kier alpha value is -3.23. The van der Waals surface area contributed by atoms with Gasteiger partial charge in [0.15, 0.2) is 17.6 Å². The van der Waals surface area contributed by atoms with Crippen LogP contribution in [0.15, 0.2) is 16.7 Å². The molecular weight excluding hydrogens is 362 g/mol. The molecule has 0 aromatic carbocycles. The molecular formula is C19H23N5O4. The second kappa shape index (κ2) is 7.79. The van der Waals surface area contributed by atoms with Gasteiger partial charge in [0.2, 0.25) is 0 Å². The largest absolute Gasteiger partial charge is 0.453 e. The Bertz CT molecular complexity index is 1040. The van der Waals surface area contributed by atoms with Gasteiger partial charge in [-0.25, -0.2) is 9.50 Å². The van der Waals surface area contributed by atoms with Gasteiger partial charge >= 0.3 is 5.97 Å². The van der Waals surface area contributed by atoms with Crippen LogP contribution in [0, 0.1) is 27.7 Å². The van der Waals surface area contributed by atoms with Gasteiger partial charge in [0.25, 0.3) is 5.91 Å². The summed E-state index contributed by atoms with van der Waals surface area (Å²) in [5, 5.41) is 10.6. The number of rotatable bonds is 6. The molecule has 0 radical (unpaired) electrons. The Morgan fingerprint density at radius 2 is 2.00 bits per heavy atom. The van der Waals surface area contributed by atoms with E-state index in [0.29, 0.717) is 12.2 Å². The van der Waals surface area contributed by atoms with Crippen molar-refractivity contribution >= 4 is 23.3 Å². The number of hydrogen-bond donors (Lipinski definition) is 1. The van der Waals surface area contributed by atoms with Gasteiger partial charge in [-0.1, -0.05) is 5.16 Å². The smallest absolute Gasteiger partial charge is 0.306 e. The van der Waals surface area contributed by atoms with Gasteiger partial charge in [0.1, 0.15) is 5.76 Å². The summed E-state index contributed by atoms with van der Waals surface area (Å²) in [4.78, 5) is 28.8. The second-order valence-electron chi connectivity index (χ2n) is 6.76. The van der Waals surface area contributed by atoms with Crippen LogP contribution in [0.3, 0.4) is 0 Å². The predicted molar refractivity (Wildman–Crippen MR) is 101 cm³/mol. The first-order valence-corrected chi connectivity index (χ1v) is 9.00. The third-order valence-corrected chi connectivity index (χ3v) is 4.42. The summed E-state index contributed by atoms with van der Waals surface area (Å²) in [6.45, 7) is 8.99. The number of aryl methyl sites for hydroxylation is 4. The molecule has 9 heteroatoms. The monoisotopic (exact) mass is 385 g/mol. The van der Waals surface area contributed by atoms with Crippen LogP contribution in [0.5, 0.6) is 0 Å². The highest BCUT2D eigenvalue weighted by molar-refractivity contribution is 5.94. The number of nitrogens with zero attached hydrogens (tertiary/aromatic N) is 4. The molecule has 0 aliphatic rings. The Labute approximate surface area is 162 Å². The number of anilines is 1. The van der Waals surface area contributed by atoms with E-state index in [0.717, 1.165) is 28.3 Å². The van der Waals surface area contributed by atoms with E-state index in [1.165, 1.54) is 6.92 Å². The minimum absolute atomic E-state index is 0.135. The van der Waals surface area contributed by atoms with E-state index >= 15 is 0 Å². The first-order valence-electron chi connectivity index (χ1n) is 9.00. The summed E-state index contributed by atoms with van der Waals surface area (Å²) in [6, 6.07) is 3.49. The molecule has 148 valence electrons. The molecule has 1 amide bonds. The van der Waals surface area contributed by atoms with E-state index < -0.39 is 18.0 Å². The van der Waals surface area contributed by atoms with Crippen LogP contribution >= 0.6 is 0 Å². The van der Waals surface area contributed by atoms with Crippen molar-refractivity contribution in [1.82, 2.24) is 19.8 Å². The normalized spacial score (nSPS) is 12.2. The Balaban J connectivity index is 1.59. The molecule has 3 heterocycles. The van der Waals surface area contributed by atoms with Gasteiger partial charge in [-0.15, -0.1) is 0 Å². The molecule has 0 saturated heterocycles. The zero-order valence-corrected chi connectivity index (χ0v) is 16.6. The van der Waals surface area contributed by atoms with Crippen molar-refractivity contribution < 1.29 is 18.8 Å². The molecule has 1 N–H and O–H groups in total. The van der Waals surface area contributed by atoms with Gasteiger partial charge in [0.05, 0.1) is 5.69 Å². The summed E-state index contributed by atoms with van der Waals surface area (Å²) in [6.07, 6.45) is -0.355. The highest BCUT2D eigenvalue weighted by atomic mass is 16.5. The summed E-state index contributed by atoms with van der Waals surface area (Å²) in [5.41, 5.74) is 4.41. The average Bonchev–Trinajstić information content (AvgIpc) is 3.19. The van der Waals surface area contributed by atoms with Crippen molar-refractivity contribution in [2.24, 2.45) is 0 Å². The Kier molecular flexibility index (Phi) is 5.43. The number of aromatic nitrogens is 4. The fraction of sp³-hybridized carbons (Fsp3) is 0.421. The molecule has 1 atom stereocenters. The van der Waals surface area contributed by atoms with E-state index in [1.807, 2.05) is 26.8 Å². The summed E-state index contributed by atoms with van der Waals surface area (Å²) in [7, 11) is 0. The van der Waals surface area contributed by atoms with E-state index in [-0.39, 0.29) is 12.2 Å². The zero-order valence-electron chi connectivity index (χ0n) is 16.6. The number of ether oxygens (including phenoxy) is 1. The van der Waals surface area contributed by atoms with Crippen molar-refractivity contribution in [3.63, 3.8) is 0 Å². The van der Waals surface area contributed by atoms with E-state index in [2.05, 4.69) is 20.6 Å². The highest BCUT2D eigenvalue weighted by Crippen LogP contribution is 2.17. The van der Waals surface area contributed by atoms with Crippen LogP contribution in [0.25, 0.3) is 5.65 Å². The van der Waals surface area contributed by atoms with E-state index in [9.17, 15) is 9.59 Å². The molecule has 0 bridgehead atoms. The topological polar surface area (TPSA) is 112 Å². The van der Waals surface area contributed by atoms with Gasteiger partial charge < -0.3 is 14.6 Å². The maximum Gasteiger partial charge on any atom is 0.306 e. The van der Waals surface area contributed by atoms with Gasteiger partial charge in [-0.05, 0) is 46.6 Å². The lowest BCUT2D eigenvalue weighted by Gasteiger charge is -2.14. The zero-order chi connectivity index (χ0) is 20.4. The molecule has 0 aliphatic heterocycles. The lowest BCUT2D eigenvalue weighted by molar-refractivity contribution is -0.153. The van der Waals surface area contributed by atoms with Crippen LogP contribution in [0.1, 0.15) is 41.8 Å². The van der Waals surface area contributed by atoms with Gasteiger partial charge in [-0.2, -0.15) is 5.10 Å². The molecule has 1 unspecified atom stereocenters. The van der Waals surface area contributed by atoms with E-state index in [1.54, 1.807) is 17.5 Å². The molecule has 0 aliphatic carbocycles. The molecule has 9 nitrogen and oxygen atoms in total. The SMILES string of the molecule is Cc1cc2nc(C)c(CCC(=O)OC(C)C(=O)Nc3cc(C)on3)c(C)n2n1. The first-order chi connectivity index (χ1) is 13.2. The summed E-state index contributed by atoms with van der Waals surface area (Å²) in [5.74, 6) is -0.0761. The molecule has 3 rings (SSSR count). The number of amides is 1. The van der Waals surface area contributed by atoms with Crippen molar-refractivity contribution in [1.29, 1.82) is 0 Å². The lowest BCUT2D eigenvalue weighted by Crippen LogP contribution is -2.30. The summed E-state index contributed by atoms with van der Waals surface area (Å²) >= 11 is 0. The van der Waals surface area contributed by atoms with Crippen LogP contribution < -0.4 is 5.32 Å². The van der Waals surface area contributed by atoms with Crippen molar-refractivity contribution in [2.45, 2.75) is 53.6 Å². The molecule has 0 spiro atoms. The third-order valence-electron chi connectivity index (χ3n) is 4.42. The van der Waals surface area contributed by atoms with Crippen LogP contribution in [-0.2, 0) is 20.7 Å². The van der Waals surface area contributed by atoms with Crippen molar-refractivity contribution in [3.8, 4) is 0 Å². The maximum absolute atomic E-state index is 12.2. The van der Waals surface area contributed by atoms with Crippen molar-refractivity contribution in [2.75, 3.05) is 5.32 Å². The molecule has 3 aromatic heterocycles. The van der Waals surface area contributed by atoms with Crippen LogP contribution in [0.4, 0.5) is 5.82 Å². The molecule has 0 fully saturated rings. The number of carbonyl (C=O) groups excluding carboxylic acids is 2. The highest BCUT2D eigenvalue weighted by Gasteiger charge is 2.20. The second-order valence-corrected chi connectivity index (χ2v) is 6.76. The number of nitrogens with one attached hydrogen (secondary N) is 1.